The number of nitrogens with zero attached hydrogens (tertiary/aromatic N) is 3. The Morgan fingerprint density at radius 1 is 1.22 bits per heavy atom. The summed E-state index contributed by atoms with van der Waals surface area (Å²) in [6.45, 7) is 0. The third-order valence-corrected chi connectivity index (χ3v) is 3.50. The van der Waals surface area contributed by atoms with Crippen LogP contribution in [0.1, 0.15) is 0 Å². The quantitative estimate of drug-likeness (QED) is 0.628. The monoisotopic (exact) mass is 308 g/mol. The maximum Gasteiger partial charge on any atom is 0.333 e. The van der Waals surface area contributed by atoms with Gasteiger partial charge in [-0.1, -0.05) is 0 Å². The van der Waals surface area contributed by atoms with Crippen LogP contribution in [-0.4, -0.2) is 26.6 Å². The van der Waals surface area contributed by atoms with Crippen LogP contribution in [0, 0.1) is 0 Å². The predicted molar refractivity (Wildman–Crippen MR) is 83.7 cm³/mol. The molecule has 4 rings (SSSR count). The maximum absolute atomic E-state index is 12.3. The number of furan rings is 1. The number of fused-ring (bicyclic) bond motifs is 1. The van der Waals surface area contributed by atoms with Crippen molar-refractivity contribution in [3.63, 3.8) is 0 Å². The first-order chi connectivity index (χ1) is 11.3. The molecule has 0 radical (unpaired) electrons. The average Bonchev–Trinajstić information content (AvgIpc) is 3.21. The number of rotatable bonds is 3. The van der Waals surface area contributed by atoms with Crippen LogP contribution in [-0.2, 0) is 0 Å². The molecular formula is C16H12N4O3. The summed E-state index contributed by atoms with van der Waals surface area (Å²) in [5, 5.41) is 0. The first-order valence-electron chi connectivity index (χ1n) is 6.92. The second-order valence-electron chi connectivity index (χ2n) is 4.87. The number of imidazole rings is 1. The molecule has 3 aromatic heterocycles. The lowest BCUT2D eigenvalue weighted by Crippen LogP contribution is -2.14. The zero-order chi connectivity index (χ0) is 15.8. The van der Waals surface area contributed by atoms with Gasteiger partial charge >= 0.3 is 5.69 Å². The molecule has 0 aliphatic carbocycles. The summed E-state index contributed by atoms with van der Waals surface area (Å²) in [6.07, 6.45) is 3.14. The van der Waals surface area contributed by atoms with E-state index in [2.05, 4.69) is 15.0 Å². The minimum atomic E-state index is -0.304. The summed E-state index contributed by atoms with van der Waals surface area (Å²) in [7, 11) is 1.59. The molecule has 0 unspecified atom stereocenters. The molecule has 3 heterocycles. The van der Waals surface area contributed by atoms with Gasteiger partial charge in [-0.15, -0.1) is 0 Å². The molecular weight excluding hydrogens is 296 g/mol. The summed E-state index contributed by atoms with van der Waals surface area (Å²) < 4.78 is 11.9. The van der Waals surface area contributed by atoms with E-state index in [0.29, 0.717) is 34.2 Å². The molecule has 1 N–H and O–H groups in total. The van der Waals surface area contributed by atoms with E-state index in [1.807, 2.05) is 0 Å². The van der Waals surface area contributed by atoms with Crippen molar-refractivity contribution in [3.8, 4) is 22.9 Å². The van der Waals surface area contributed by atoms with E-state index < -0.39 is 0 Å². The lowest BCUT2D eigenvalue weighted by molar-refractivity contribution is 0.414. The Morgan fingerprint density at radius 3 is 2.74 bits per heavy atom. The third kappa shape index (κ3) is 2.18. The van der Waals surface area contributed by atoms with Gasteiger partial charge in [0.2, 0.25) is 0 Å². The second kappa shape index (κ2) is 5.13. The van der Waals surface area contributed by atoms with Gasteiger partial charge in [-0.25, -0.2) is 19.3 Å². The average molecular weight is 308 g/mol. The smallest absolute Gasteiger partial charge is 0.333 e. The fourth-order valence-corrected chi connectivity index (χ4v) is 2.40. The van der Waals surface area contributed by atoms with E-state index in [1.165, 1.54) is 4.57 Å². The molecule has 4 aromatic rings. The number of hydrogen-bond acceptors (Lipinski definition) is 5. The first kappa shape index (κ1) is 13.3. The lowest BCUT2D eigenvalue weighted by Gasteiger charge is -2.04. The van der Waals surface area contributed by atoms with Crippen molar-refractivity contribution in [2.45, 2.75) is 0 Å². The van der Waals surface area contributed by atoms with Gasteiger partial charge in [0.1, 0.15) is 11.4 Å². The molecule has 114 valence electrons. The topological polar surface area (TPSA) is 85.9 Å². The van der Waals surface area contributed by atoms with Crippen molar-refractivity contribution in [1.82, 2.24) is 19.5 Å². The molecule has 23 heavy (non-hydrogen) atoms. The molecule has 0 aliphatic heterocycles. The summed E-state index contributed by atoms with van der Waals surface area (Å²) in [6, 6.07) is 10.7. The second-order valence-corrected chi connectivity index (χ2v) is 4.87. The van der Waals surface area contributed by atoms with Crippen molar-refractivity contribution in [2.75, 3.05) is 7.11 Å². The molecule has 1 aromatic carbocycles. The molecule has 0 saturated heterocycles. The number of aromatic amines is 1. The molecule has 0 aliphatic rings. The molecule has 0 fully saturated rings. The highest BCUT2D eigenvalue weighted by Gasteiger charge is 2.13. The Hall–Kier alpha value is -3.35. The van der Waals surface area contributed by atoms with Gasteiger partial charge in [-0.3, -0.25) is 4.98 Å². The minimum Gasteiger partial charge on any atom is -0.497 e. The van der Waals surface area contributed by atoms with Crippen LogP contribution in [0.5, 0.6) is 5.75 Å². The van der Waals surface area contributed by atoms with Crippen LogP contribution in [0.2, 0.25) is 0 Å². The Morgan fingerprint density at radius 2 is 2.04 bits per heavy atom. The van der Waals surface area contributed by atoms with E-state index in [9.17, 15) is 4.79 Å². The van der Waals surface area contributed by atoms with E-state index in [1.54, 1.807) is 56.0 Å². The van der Waals surface area contributed by atoms with Gasteiger partial charge < -0.3 is 9.15 Å². The van der Waals surface area contributed by atoms with Crippen LogP contribution in [0.4, 0.5) is 0 Å². The van der Waals surface area contributed by atoms with Crippen molar-refractivity contribution in [2.24, 2.45) is 0 Å². The molecule has 0 spiro atoms. The van der Waals surface area contributed by atoms with Crippen LogP contribution in [0.3, 0.4) is 0 Å². The first-order valence-corrected chi connectivity index (χ1v) is 6.92. The Kier molecular flexibility index (Phi) is 2.97. The van der Waals surface area contributed by atoms with Gasteiger partial charge in [0, 0.05) is 0 Å². The van der Waals surface area contributed by atoms with Gasteiger partial charge in [-0.05, 0) is 36.4 Å². The fraction of sp³-hybridized carbons (Fsp3) is 0.0625. The van der Waals surface area contributed by atoms with E-state index in [-0.39, 0.29) is 5.69 Å². The Bertz CT molecular complexity index is 1010. The number of aromatic nitrogens is 4. The molecule has 7 heteroatoms. The standard InChI is InChI=1S/C16H12N4O3/c1-22-11-6-4-10(5-7-11)20-15-14(19-16(20)21)18-12(9-17-15)13-3-2-8-23-13/h2-9H,1H3,(H,18,19,21). The third-order valence-electron chi connectivity index (χ3n) is 3.50. The highest BCUT2D eigenvalue weighted by molar-refractivity contribution is 5.71. The molecule has 7 nitrogen and oxygen atoms in total. The number of H-pyrrole nitrogens is 1. The number of ether oxygens (including phenoxy) is 1. The van der Waals surface area contributed by atoms with Crippen LogP contribution < -0.4 is 10.4 Å². The Balaban J connectivity index is 1.87. The number of nitrogens with one attached hydrogen (secondary N) is 1. The molecule has 0 bridgehead atoms. The summed E-state index contributed by atoms with van der Waals surface area (Å²) >= 11 is 0. The van der Waals surface area contributed by atoms with E-state index in [0.717, 1.165) is 0 Å². The van der Waals surface area contributed by atoms with Crippen molar-refractivity contribution >= 4 is 11.3 Å². The summed E-state index contributed by atoms with van der Waals surface area (Å²) in [4.78, 5) is 23.7. The summed E-state index contributed by atoms with van der Waals surface area (Å²) in [5.74, 6) is 1.31. The van der Waals surface area contributed by atoms with Gasteiger partial charge in [0.15, 0.2) is 17.1 Å². The largest absolute Gasteiger partial charge is 0.497 e. The number of methoxy groups -OCH3 is 1. The van der Waals surface area contributed by atoms with Crippen LogP contribution in [0.25, 0.3) is 28.4 Å². The van der Waals surface area contributed by atoms with Gasteiger partial charge in [0.05, 0.1) is 25.3 Å². The number of hydrogen-bond donors (Lipinski definition) is 1. The number of benzene rings is 1. The molecule has 0 atom stereocenters. The predicted octanol–water partition coefficient (Wildman–Crippen LogP) is 2.38. The van der Waals surface area contributed by atoms with Crippen molar-refractivity contribution < 1.29 is 9.15 Å². The minimum absolute atomic E-state index is 0.304. The maximum atomic E-state index is 12.3. The Labute approximate surface area is 130 Å². The highest BCUT2D eigenvalue weighted by Crippen LogP contribution is 2.20. The lowest BCUT2D eigenvalue weighted by atomic mass is 10.3. The van der Waals surface area contributed by atoms with Crippen molar-refractivity contribution in [3.05, 3.63) is 59.3 Å². The molecule has 0 saturated carbocycles. The van der Waals surface area contributed by atoms with E-state index in [4.69, 9.17) is 9.15 Å². The van der Waals surface area contributed by atoms with E-state index >= 15 is 0 Å². The van der Waals surface area contributed by atoms with Gasteiger partial charge in [0.25, 0.3) is 0 Å². The van der Waals surface area contributed by atoms with Gasteiger partial charge in [-0.2, -0.15) is 0 Å². The van der Waals surface area contributed by atoms with Crippen LogP contribution >= 0.6 is 0 Å². The van der Waals surface area contributed by atoms with Crippen molar-refractivity contribution in [1.29, 1.82) is 0 Å². The SMILES string of the molecule is COc1ccc(-n2c(=O)[nH]c3nc(-c4ccco4)cnc32)cc1. The molecule has 0 amide bonds. The zero-order valence-electron chi connectivity index (χ0n) is 12.2. The fourth-order valence-electron chi connectivity index (χ4n) is 2.40. The van der Waals surface area contributed by atoms with Crippen LogP contribution in [0.15, 0.2) is 58.1 Å². The zero-order valence-corrected chi connectivity index (χ0v) is 12.2. The normalized spacial score (nSPS) is 11.0. The highest BCUT2D eigenvalue weighted by atomic mass is 16.5. The summed E-state index contributed by atoms with van der Waals surface area (Å²) in [5.41, 5.74) is 1.80.